The quantitative estimate of drug-likeness (QED) is 0.668. The Morgan fingerprint density at radius 1 is 1.33 bits per heavy atom. The average Bonchev–Trinajstić information content (AvgIpc) is 2.82. The molecule has 1 atom stereocenters. The van der Waals surface area contributed by atoms with Crippen molar-refractivity contribution in [2.75, 3.05) is 5.75 Å². The number of nitrogens with zero attached hydrogens (tertiary/aromatic N) is 3. The highest BCUT2D eigenvalue weighted by Gasteiger charge is 2.20. The van der Waals surface area contributed by atoms with Crippen molar-refractivity contribution in [1.82, 2.24) is 14.5 Å². The Balaban J connectivity index is 2.24. The van der Waals surface area contributed by atoms with E-state index in [1.54, 1.807) is 6.20 Å². The fourth-order valence-corrected chi connectivity index (χ4v) is 3.56. The minimum atomic E-state index is -1.02. The number of fused-ring (bicyclic) bond motifs is 1. The molecule has 0 aliphatic carbocycles. The molecule has 2 aromatic heterocycles. The molecule has 6 heteroatoms. The summed E-state index contributed by atoms with van der Waals surface area (Å²) in [7, 11) is 1.93. The lowest BCUT2D eigenvalue weighted by atomic mass is 10.2. The van der Waals surface area contributed by atoms with Gasteiger partial charge in [-0.25, -0.2) is 9.97 Å². The molecule has 0 saturated heterocycles. The highest BCUT2D eigenvalue weighted by Crippen LogP contribution is 2.29. The second-order valence-electron chi connectivity index (χ2n) is 4.62. The van der Waals surface area contributed by atoms with E-state index in [0.29, 0.717) is 5.75 Å². The van der Waals surface area contributed by atoms with Crippen molar-refractivity contribution in [2.45, 2.75) is 11.8 Å². The molecule has 3 rings (SSSR count). The molecule has 108 valence electrons. The van der Waals surface area contributed by atoms with E-state index in [2.05, 4.69) is 25.9 Å². The van der Waals surface area contributed by atoms with Crippen LogP contribution in [0.25, 0.3) is 22.6 Å². The fraction of sp³-hybridized carbons (Fsp3) is 0.200. The molecular formula is C15H14BrN3OS. The number of aromatic nitrogens is 3. The minimum Gasteiger partial charge on any atom is -0.611 e. The van der Waals surface area contributed by atoms with Crippen LogP contribution in [0.15, 0.2) is 45.9 Å². The Hall–Kier alpha value is -1.37. The van der Waals surface area contributed by atoms with Crippen LogP contribution in [0.2, 0.25) is 0 Å². The van der Waals surface area contributed by atoms with Crippen molar-refractivity contribution in [1.29, 1.82) is 0 Å². The number of imidazole rings is 1. The molecule has 0 amide bonds. The number of hydrogen-bond donors (Lipinski definition) is 0. The van der Waals surface area contributed by atoms with Crippen molar-refractivity contribution in [2.24, 2.45) is 7.05 Å². The zero-order valence-electron chi connectivity index (χ0n) is 11.7. The molecule has 0 N–H and O–H groups in total. The van der Waals surface area contributed by atoms with Gasteiger partial charge in [0, 0.05) is 17.7 Å². The molecule has 4 nitrogen and oxygen atoms in total. The van der Waals surface area contributed by atoms with Crippen LogP contribution in [0.4, 0.5) is 0 Å². The summed E-state index contributed by atoms with van der Waals surface area (Å²) in [5.41, 5.74) is 2.53. The zero-order valence-corrected chi connectivity index (χ0v) is 14.1. The summed E-state index contributed by atoms with van der Waals surface area (Å²) in [6.45, 7) is 1.92. The van der Waals surface area contributed by atoms with E-state index in [4.69, 9.17) is 0 Å². The van der Waals surface area contributed by atoms with E-state index in [1.165, 1.54) is 0 Å². The second kappa shape index (κ2) is 5.79. The molecule has 0 aliphatic rings. The lowest BCUT2D eigenvalue weighted by molar-refractivity contribution is 0.596. The van der Waals surface area contributed by atoms with Crippen LogP contribution in [0.3, 0.4) is 0 Å². The third-order valence-electron chi connectivity index (χ3n) is 3.31. The monoisotopic (exact) mass is 363 g/mol. The number of benzene rings is 1. The van der Waals surface area contributed by atoms with Crippen LogP contribution >= 0.6 is 15.9 Å². The molecule has 0 aliphatic heterocycles. The molecular weight excluding hydrogens is 350 g/mol. The van der Waals surface area contributed by atoms with E-state index < -0.39 is 11.2 Å². The van der Waals surface area contributed by atoms with Gasteiger partial charge in [0.2, 0.25) is 0 Å². The lowest BCUT2D eigenvalue weighted by Crippen LogP contribution is -2.07. The van der Waals surface area contributed by atoms with Gasteiger partial charge >= 0.3 is 0 Å². The standard InChI is InChI=1S/C15H14BrN3OS/c1-3-21(20)13-7-5-4-6-11(13)14-18-12-8-10(16)9-17-15(12)19(14)2/h4-9H,3H2,1-2H3. The normalized spacial score (nSPS) is 12.8. The van der Waals surface area contributed by atoms with E-state index in [1.807, 2.05) is 48.9 Å². The van der Waals surface area contributed by atoms with Crippen molar-refractivity contribution in [3.05, 3.63) is 41.0 Å². The summed E-state index contributed by atoms with van der Waals surface area (Å²) in [6.07, 6.45) is 1.75. The largest absolute Gasteiger partial charge is 0.611 e. The van der Waals surface area contributed by atoms with Crippen LogP contribution in [-0.4, -0.2) is 24.8 Å². The van der Waals surface area contributed by atoms with Gasteiger partial charge in [-0.3, -0.25) is 0 Å². The predicted octanol–water partition coefficient (Wildman–Crippen LogP) is 3.53. The van der Waals surface area contributed by atoms with Gasteiger partial charge < -0.3 is 9.12 Å². The summed E-state index contributed by atoms with van der Waals surface area (Å²) >= 11 is 2.39. The molecule has 1 aromatic carbocycles. The lowest BCUT2D eigenvalue weighted by Gasteiger charge is -2.12. The van der Waals surface area contributed by atoms with Gasteiger partial charge in [-0.15, -0.1) is 0 Å². The average molecular weight is 364 g/mol. The van der Waals surface area contributed by atoms with Gasteiger partial charge in [0.1, 0.15) is 17.1 Å². The molecule has 0 spiro atoms. The van der Waals surface area contributed by atoms with Crippen molar-refractivity contribution in [3.8, 4) is 11.4 Å². The highest BCUT2D eigenvalue weighted by atomic mass is 79.9. The molecule has 0 bridgehead atoms. The SMILES string of the molecule is CC[S+]([O-])c1ccccc1-c1nc2cc(Br)cnc2n1C. The van der Waals surface area contributed by atoms with E-state index in [0.717, 1.165) is 31.9 Å². The number of aryl methyl sites for hydroxylation is 1. The Morgan fingerprint density at radius 2 is 2.10 bits per heavy atom. The molecule has 2 heterocycles. The summed E-state index contributed by atoms with van der Waals surface area (Å²) < 4.78 is 15.1. The van der Waals surface area contributed by atoms with E-state index in [-0.39, 0.29) is 0 Å². The minimum absolute atomic E-state index is 0.588. The van der Waals surface area contributed by atoms with Crippen LogP contribution in [0.5, 0.6) is 0 Å². The fourth-order valence-electron chi connectivity index (χ4n) is 2.30. The van der Waals surface area contributed by atoms with Gasteiger partial charge in [0.25, 0.3) is 0 Å². The van der Waals surface area contributed by atoms with Crippen molar-refractivity contribution in [3.63, 3.8) is 0 Å². The molecule has 0 radical (unpaired) electrons. The summed E-state index contributed by atoms with van der Waals surface area (Å²) in [5, 5.41) is 0. The molecule has 1 unspecified atom stereocenters. The topological polar surface area (TPSA) is 53.8 Å². The van der Waals surface area contributed by atoms with Crippen LogP contribution in [0.1, 0.15) is 6.92 Å². The van der Waals surface area contributed by atoms with Crippen LogP contribution in [0, 0.1) is 0 Å². The third kappa shape index (κ3) is 2.59. The zero-order chi connectivity index (χ0) is 15.0. The first kappa shape index (κ1) is 14.6. The first-order valence-electron chi connectivity index (χ1n) is 6.57. The van der Waals surface area contributed by atoms with Crippen molar-refractivity contribution >= 4 is 38.3 Å². The molecule has 0 saturated carbocycles. The van der Waals surface area contributed by atoms with Crippen molar-refractivity contribution < 1.29 is 4.55 Å². The third-order valence-corrected chi connectivity index (χ3v) is 5.12. The highest BCUT2D eigenvalue weighted by molar-refractivity contribution is 9.10. The van der Waals surface area contributed by atoms with Crippen LogP contribution in [-0.2, 0) is 18.2 Å². The molecule has 3 aromatic rings. The van der Waals surface area contributed by atoms with E-state index >= 15 is 0 Å². The van der Waals surface area contributed by atoms with Gasteiger partial charge in [-0.2, -0.15) is 0 Å². The summed E-state index contributed by atoms with van der Waals surface area (Å²) in [4.78, 5) is 9.87. The Kier molecular flexibility index (Phi) is 4.01. The van der Waals surface area contributed by atoms with Gasteiger partial charge in [0.05, 0.1) is 5.56 Å². The summed E-state index contributed by atoms with van der Waals surface area (Å²) in [5.74, 6) is 1.37. The number of halogens is 1. The maximum atomic E-state index is 12.2. The maximum Gasteiger partial charge on any atom is 0.163 e. The number of hydrogen-bond acceptors (Lipinski definition) is 3. The smallest absolute Gasteiger partial charge is 0.163 e. The van der Waals surface area contributed by atoms with Gasteiger partial charge in [0.15, 0.2) is 10.5 Å². The predicted molar refractivity (Wildman–Crippen MR) is 88.6 cm³/mol. The van der Waals surface area contributed by atoms with E-state index in [9.17, 15) is 4.55 Å². The van der Waals surface area contributed by atoms with Gasteiger partial charge in [-0.1, -0.05) is 12.1 Å². The number of pyridine rings is 1. The maximum absolute atomic E-state index is 12.2. The number of rotatable bonds is 3. The molecule has 0 fully saturated rings. The first-order valence-corrected chi connectivity index (χ1v) is 8.68. The Morgan fingerprint density at radius 3 is 2.86 bits per heavy atom. The Bertz CT molecular complexity index is 803. The summed E-state index contributed by atoms with van der Waals surface area (Å²) in [6, 6.07) is 9.64. The Labute approximate surface area is 134 Å². The van der Waals surface area contributed by atoms with Gasteiger partial charge in [-0.05, 0) is 52.2 Å². The second-order valence-corrected chi connectivity index (χ2v) is 7.24. The van der Waals surface area contributed by atoms with Crippen LogP contribution < -0.4 is 0 Å². The molecule has 21 heavy (non-hydrogen) atoms. The first-order chi connectivity index (χ1) is 10.1.